The number of aliphatic hydroxyl groups excluding tert-OH is 2. The summed E-state index contributed by atoms with van der Waals surface area (Å²) in [5, 5.41) is 23.6. The maximum atomic E-state index is 13.1. The molecule has 0 radical (unpaired) electrons. The van der Waals surface area contributed by atoms with Crippen LogP contribution < -0.4 is 10.6 Å². The van der Waals surface area contributed by atoms with Gasteiger partial charge >= 0.3 is 0 Å². The predicted molar refractivity (Wildman–Crippen MR) is 109 cm³/mol. The first-order chi connectivity index (χ1) is 13.7. The fraction of sp³-hybridized carbons (Fsp3) is 0.591. The summed E-state index contributed by atoms with van der Waals surface area (Å²) in [4.78, 5) is 36.9. The Balaban J connectivity index is 2.04. The zero-order valence-electron chi connectivity index (χ0n) is 17.4. The Morgan fingerprint density at radius 1 is 1.21 bits per heavy atom. The third-order valence-corrected chi connectivity index (χ3v) is 5.68. The van der Waals surface area contributed by atoms with Gasteiger partial charge in [-0.25, -0.2) is 0 Å². The van der Waals surface area contributed by atoms with Gasteiger partial charge in [0.05, 0.1) is 12.6 Å². The minimum atomic E-state index is -1.20. The van der Waals surface area contributed by atoms with Gasteiger partial charge in [0.1, 0.15) is 6.10 Å². The van der Waals surface area contributed by atoms with E-state index in [4.69, 9.17) is 0 Å². The van der Waals surface area contributed by atoms with Crippen molar-refractivity contribution in [2.45, 2.75) is 52.2 Å². The lowest BCUT2D eigenvalue weighted by Gasteiger charge is -2.25. The highest BCUT2D eigenvalue weighted by Gasteiger charge is 2.52. The Bertz CT molecular complexity index is 717. The van der Waals surface area contributed by atoms with Crippen molar-refractivity contribution in [1.29, 1.82) is 0 Å². The molecule has 4 atom stereocenters. The Kier molecular flexibility index (Phi) is 7.93. The van der Waals surface area contributed by atoms with Crippen molar-refractivity contribution in [2.75, 3.05) is 13.2 Å². The van der Waals surface area contributed by atoms with E-state index in [1.54, 1.807) is 0 Å². The Labute approximate surface area is 171 Å². The van der Waals surface area contributed by atoms with Crippen molar-refractivity contribution < 1.29 is 24.6 Å². The number of benzene rings is 1. The average Bonchev–Trinajstić information content (AvgIpc) is 3.47. The molecular weight excluding hydrogens is 372 g/mol. The lowest BCUT2D eigenvalue weighted by Crippen LogP contribution is -2.48. The number of rotatable bonds is 11. The highest BCUT2D eigenvalue weighted by Crippen LogP contribution is 2.53. The van der Waals surface area contributed by atoms with E-state index in [1.165, 1.54) is 6.92 Å². The molecular formula is C22H32N2O5. The molecule has 2 rings (SSSR count). The molecule has 0 spiro atoms. The van der Waals surface area contributed by atoms with Crippen LogP contribution in [0.4, 0.5) is 0 Å². The van der Waals surface area contributed by atoms with Gasteiger partial charge in [-0.1, -0.05) is 44.2 Å². The number of ketones is 1. The van der Waals surface area contributed by atoms with Crippen LogP contribution in [-0.4, -0.2) is 53.1 Å². The number of hydrogen-bond donors (Lipinski definition) is 4. The lowest BCUT2D eigenvalue weighted by atomic mass is 9.82. The van der Waals surface area contributed by atoms with Crippen LogP contribution in [0.2, 0.25) is 0 Å². The molecule has 29 heavy (non-hydrogen) atoms. The largest absolute Gasteiger partial charge is 0.396 e. The molecule has 1 aromatic carbocycles. The SMILES string of the molecule is CC(O)C(=O)NCC(=O)NC(Cc1ccccc1)C(=O)C1CC1C(C)(C)CCO. The second kappa shape index (κ2) is 9.98. The highest BCUT2D eigenvalue weighted by atomic mass is 16.3. The number of Topliss-reactive ketones (excluding diaryl/α,β-unsaturated/α-hetero) is 1. The number of amides is 2. The van der Waals surface area contributed by atoms with Crippen molar-refractivity contribution in [2.24, 2.45) is 17.3 Å². The summed E-state index contributed by atoms with van der Waals surface area (Å²) < 4.78 is 0. The first-order valence-corrected chi connectivity index (χ1v) is 10.1. The van der Waals surface area contributed by atoms with Crippen LogP contribution in [0, 0.1) is 17.3 Å². The normalized spacial score (nSPS) is 20.4. The molecule has 1 aromatic rings. The van der Waals surface area contributed by atoms with Gasteiger partial charge in [0.25, 0.3) is 0 Å². The second-order valence-electron chi connectivity index (χ2n) is 8.52. The molecule has 1 aliphatic carbocycles. The molecule has 1 aliphatic rings. The van der Waals surface area contributed by atoms with Gasteiger partial charge in [-0.15, -0.1) is 0 Å². The van der Waals surface area contributed by atoms with Crippen LogP contribution in [0.5, 0.6) is 0 Å². The summed E-state index contributed by atoms with van der Waals surface area (Å²) in [6, 6.07) is 8.77. The molecule has 0 saturated heterocycles. The molecule has 1 saturated carbocycles. The van der Waals surface area contributed by atoms with Gasteiger partial charge in [-0.2, -0.15) is 0 Å². The third kappa shape index (κ3) is 6.65. The molecule has 2 amide bonds. The van der Waals surface area contributed by atoms with E-state index < -0.39 is 24.0 Å². The summed E-state index contributed by atoms with van der Waals surface area (Å²) in [5.41, 5.74) is 0.799. The quantitative estimate of drug-likeness (QED) is 0.436. The highest BCUT2D eigenvalue weighted by molar-refractivity contribution is 5.94. The lowest BCUT2D eigenvalue weighted by molar-refractivity contribution is -0.132. The molecule has 1 fully saturated rings. The van der Waals surface area contributed by atoms with Gasteiger partial charge in [-0.05, 0) is 43.1 Å². The van der Waals surface area contributed by atoms with E-state index in [9.17, 15) is 24.6 Å². The fourth-order valence-corrected chi connectivity index (χ4v) is 3.74. The van der Waals surface area contributed by atoms with E-state index in [-0.39, 0.29) is 36.2 Å². The molecule has 0 aromatic heterocycles. The van der Waals surface area contributed by atoms with Crippen molar-refractivity contribution in [1.82, 2.24) is 10.6 Å². The van der Waals surface area contributed by atoms with E-state index in [1.807, 2.05) is 30.3 Å². The summed E-state index contributed by atoms with van der Waals surface area (Å²) in [6.07, 6.45) is 0.554. The second-order valence-corrected chi connectivity index (χ2v) is 8.52. The molecule has 160 valence electrons. The van der Waals surface area contributed by atoms with E-state index >= 15 is 0 Å². The first kappa shape index (κ1) is 23.0. The maximum absolute atomic E-state index is 13.1. The zero-order chi connectivity index (χ0) is 21.6. The molecule has 4 unspecified atom stereocenters. The number of nitrogens with one attached hydrogen (secondary N) is 2. The topological polar surface area (TPSA) is 116 Å². The Morgan fingerprint density at radius 2 is 1.86 bits per heavy atom. The average molecular weight is 405 g/mol. The molecule has 0 aliphatic heterocycles. The van der Waals surface area contributed by atoms with Crippen molar-refractivity contribution in [3.8, 4) is 0 Å². The third-order valence-electron chi connectivity index (χ3n) is 5.68. The first-order valence-electron chi connectivity index (χ1n) is 10.1. The van der Waals surface area contributed by atoms with Gasteiger partial charge < -0.3 is 20.8 Å². The van der Waals surface area contributed by atoms with E-state index in [0.717, 1.165) is 12.0 Å². The van der Waals surface area contributed by atoms with Crippen LogP contribution in [0.15, 0.2) is 30.3 Å². The minimum Gasteiger partial charge on any atom is -0.396 e. The minimum absolute atomic E-state index is 0.0138. The maximum Gasteiger partial charge on any atom is 0.248 e. The zero-order valence-corrected chi connectivity index (χ0v) is 17.4. The van der Waals surface area contributed by atoms with Crippen molar-refractivity contribution in [3.63, 3.8) is 0 Å². The van der Waals surface area contributed by atoms with Crippen LogP contribution in [-0.2, 0) is 20.8 Å². The predicted octanol–water partition coefficient (Wildman–Crippen LogP) is 0.825. The number of carbonyl (C=O) groups excluding carboxylic acids is 3. The summed E-state index contributed by atoms with van der Waals surface area (Å²) in [7, 11) is 0. The van der Waals surface area contributed by atoms with E-state index in [0.29, 0.717) is 12.8 Å². The monoisotopic (exact) mass is 404 g/mol. The van der Waals surface area contributed by atoms with Gasteiger partial charge in [0, 0.05) is 12.5 Å². The smallest absolute Gasteiger partial charge is 0.248 e. The number of aliphatic hydroxyl groups is 2. The Morgan fingerprint density at radius 3 is 2.45 bits per heavy atom. The van der Waals surface area contributed by atoms with Gasteiger partial charge in [-0.3, -0.25) is 14.4 Å². The molecule has 0 heterocycles. The standard InChI is InChI=1S/C22H32N2O5/c1-14(26)21(29)23-13-19(27)24-18(11-15-7-5-4-6-8-15)20(28)16-12-17(16)22(2,3)9-10-25/h4-8,14,16-18,25-26H,9-13H2,1-3H3,(H,23,29)(H,24,27). The van der Waals surface area contributed by atoms with Crippen LogP contribution in [0.1, 0.15) is 39.2 Å². The number of carbonyl (C=O) groups is 3. The van der Waals surface area contributed by atoms with Crippen molar-refractivity contribution in [3.05, 3.63) is 35.9 Å². The summed E-state index contributed by atoms with van der Waals surface area (Å²) in [6.45, 7) is 5.20. The molecule has 7 nitrogen and oxygen atoms in total. The summed E-state index contributed by atoms with van der Waals surface area (Å²) >= 11 is 0. The number of hydrogen-bond acceptors (Lipinski definition) is 5. The molecule has 0 bridgehead atoms. The van der Waals surface area contributed by atoms with Crippen molar-refractivity contribution >= 4 is 17.6 Å². The van der Waals surface area contributed by atoms with Gasteiger partial charge in [0.15, 0.2) is 5.78 Å². The van der Waals surface area contributed by atoms with E-state index in [2.05, 4.69) is 24.5 Å². The fourth-order valence-electron chi connectivity index (χ4n) is 3.74. The van der Waals surface area contributed by atoms with Crippen LogP contribution in [0.25, 0.3) is 0 Å². The van der Waals surface area contributed by atoms with Crippen LogP contribution >= 0.6 is 0 Å². The van der Waals surface area contributed by atoms with Gasteiger partial charge in [0.2, 0.25) is 11.8 Å². The summed E-state index contributed by atoms with van der Waals surface area (Å²) in [5.74, 6) is -1.08. The van der Waals surface area contributed by atoms with Crippen LogP contribution in [0.3, 0.4) is 0 Å². The molecule has 7 heteroatoms. The Hall–Kier alpha value is -2.25. The molecule has 4 N–H and O–H groups in total.